The number of nitrogens with zero attached hydrogens (tertiary/aromatic N) is 3. The Morgan fingerprint density at radius 2 is 1.78 bits per heavy atom. The Labute approximate surface area is 181 Å². The fourth-order valence-electron chi connectivity index (χ4n) is 4.38. The molecule has 0 aliphatic carbocycles. The Morgan fingerprint density at radius 1 is 1.15 bits per heavy atom. The van der Waals surface area contributed by atoms with Crippen molar-refractivity contribution in [2.24, 2.45) is 16.8 Å². The molecule has 0 saturated carbocycles. The molecule has 152 valence electrons. The van der Waals surface area contributed by atoms with Gasteiger partial charge in [0.1, 0.15) is 0 Å². The Balaban J connectivity index is 0.00000261. The van der Waals surface area contributed by atoms with Crippen LogP contribution < -0.4 is 5.32 Å². The van der Waals surface area contributed by atoms with Gasteiger partial charge in [-0.1, -0.05) is 44.2 Å². The minimum absolute atomic E-state index is 0. The van der Waals surface area contributed by atoms with E-state index in [1.165, 1.54) is 12.0 Å². The summed E-state index contributed by atoms with van der Waals surface area (Å²) >= 11 is 0. The van der Waals surface area contributed by atoms with E-state index in [0.717, 1.165) is 63.7 Å². The van der Waals surface area contributed by atoms with Crippen molar-refractivity contribution in [1.82, 2.24) is 15.1 Å². The second-order valence-corrected chi connectivity index (χ2v) is 7.85. The quantitative estimate of drug-likeness (QED) is 0.403. The van der Waals surface area contributed by atoms with E-state index < -0.39 is 0 Å². The number of nitrogens with one attached hydrogen (secondary N) is 1. The average Bonchev–Trinajstić information content (AvgIpc) is 2.66. The maximum Gasteiger partial charge on any atom is 0.193 e. The minimum atomic E-state index is 0. The highest BCUT2D eigenvalue weighted by Crippen LogP contribution is 2.23. The van der Waals surface area contributed by atoms with E-state index in [4.69, 9.17) is 4.74 Å². The lowest BCUT2D eigenvalue weighted by molar-refractivity contribution is 0.0168. The molecule has 1 aromatic carbocycles. The molecule has 27 heavy (non-hydrogen) atoms. The number of aliphatic imine (C=N–C) groups is 1. The first-order valence-corrected chi connectivity index (χ1v) is 9.99. The molecule has 0 spiro atoms. The molecule has 0 amide bonds. The number of ether oxygens (including phenoxy) is 1. The number of halogens is 1. The molecule has 0 radical (unpaired) electrons. The first kappa shape index (κ1) is 22.4. The molecule has 2 aliphatic rings. The highest BCUT2D eigenvalue weighted by Gasteiger charge is 2.26. The average molecular weight is 486 g/mol. The number of hydrogen-bond donors (Lipinski definition) is 1. The first-order chi connectivity index (χ1) is 12.7. The third-order valence-corrected chi connectivity index (χ3v) is 5.50. The van der Waals surface area contributed by atoms with Crippen molar-refractivity contribution in [3.63, 3.8) is 0 Å². The number of likely N-dealkylation sites (tertiary alicyclic amines) is 1. The van der Waals surface area contributed by atoms with Crippen molar-refractivity contribution in [3.05, 3.63) is 35.9 Å². The zero-order valence-corrected chi connectivity index (χ0v) is 19.3. The van der Waals surface area contributed by atoms with Crippen molar-refractivity contribution in [2.45, 2.75) is 26.3 Å². The van der Waals surface area contributed by atoms with Gasteiger partial charge in [-0.15, -0.1) is 24.0 Å². The van der Waals surface area contributed by atoms with Crippen LogP contribution in [-0.4, -0.2) is 68.7 Å². The van der Waals surface area contributed by atoms with Crippen LogP contribution in [0.2, 0.25) is 0 Å². The van der Waals surface area contributed by atoms with Crippen molar-refractivity contribution < 1.29 is 4.74 Å². The molecular formula is C21H35IN4O. The minimum Gasteiger partial charge on any atom is -0.379 e. The Morgan fingerprint density at radius 3 is 2.37 bits per heavy atom. The van der Waals surface area contributed by atoms with Gasteiger partial charge in [-0.05, 0) is 23.8 Å². The van der Waals surface area contributed by atoms with Gasteiger partial charge in [0.05, 0.1) is 19.3 Å². The number of morpholine rings is 1. The molecule has 1 N–H and O–H groups in total. The van der Waals surface area contributed by atoms with E-state index in [9.17, 15) is 0 Å². The van der Waals surface area contributed by atoms with Gasteiger partial charge in [0, 0.05) is 39.8 Å². The molecule has 0 bridgehead atoms. The second kappa shape index (κ2) is 11.2. The molecule has 1 aromatic rings. The van der Waals surface area contributed by atoms with E-state index in [1.807, 2.05) is 7.05 Å². The molecule has 3 atom stereocenters. The summed E-state index contributed by atoms with van der Waals surface area (Å²) in [6.07, 6.45) is 1.31. The maximum absolute atomic E-state index is 5.56. The molecular weight excluding hydrogens is 451 g/mol. The van der Waals surface area contributed by atoms with Crippen LogP contribution in [0.15, 0.2) is 35.3 Å². The summed E-state index contributed by atoms with van der Waals surface area (Å²) < 4.78 is 5.56. The Bertz CT molecular complexity index is 567. The van der Waals surface area contributed by atoms with Crippen LogP contribution in [0.3, 0.4) is 0 Å². The number of guanidine groups is 1. The highest BCUT2D eigenvalue weighted by atomic mass is 127. The van der Waals surface area contributed by atoms with Crippen LogP contribution in [-0.2, 0) is 4.74 Å². The van der Waals surface area contributed by atoms with Gasteiger partial charge in [0.2, 0.25) is 0 Å². The Hall–Kier alpha value is -0.860. The van der Waals surface area contributed by atoms with E-state index in [0.29, 0.717) is 6.04 Å². The van der Waals surface area contributed by atoms with E-state index in [2.05, 4.69) is 64.3 Å². The molecule has 3 unspecified atom stereocenters. The molecule has 2 saturated heterocycles. The topological polar surface area (TPSA) is 40.1 Å². The fourth-order valence-corrected chi connectivity index (χ4v) is 4.38. The molecule has 5 nitrogen and oxygen atoms in total. The van der Waals surface area contributed by atoms with Crippen molar-refractivity contribution >= 4 is 29.9 Å². The number of hydrogen-bond acceptors (Lipinski definition) is 3. The molecule has 2 aliphatic heterocycles. The molecule has 2 fully saturated rings. The summed E-state index contributed by atoms with van der Waals surface area (Å²) in [7, 11) is 1.90. The largest absolute Gasteiger partial charge is 0.379 e. The summed E-state index contributed by atoms with van der Waals surface area (Å²) in [4.78, 5) is 9.54. The molecule has 3 rings (SSSR count). The lowest BCUT2D eigenvalue weighted by Crippen LogP contribution is -2.51. The van der Waals surface area contributed by atoms with E-state index >= 15 is 0 Å². The Kier molecular flexibility index (Phi) is 9.32. The normalized spacial score (nSPS) is 25.6. The third-order valence-electron chi connectivity index (χ3n) is 5.50. The van der Waals surface area contributed by atoms with Gasteiger partial charge in [0.25, 0.3) is 0 Å². The van der Waals surface area contributed by atoms with Gasteiger partial charge in [-0.2, -0.15) is 0 Å². The third kappa shape index (κ3) is 6.32. The van der Waals surface area contributed by atoms with E-state index in [-0.39, 0.29) is 24.0 Å². The van der Waals surface area contributed by atoms with Gasteiger partial charge < -0.3 is 15.0 Å². The van der Waals surface area contributed by atoms with Crippen LogP contribution in [0.4, 0.5) is 0 Å². The highest BCUT2D eigenvalue weighted by molar-refractivity contribution is 14.0. The lowest BCUT2D eigenvalue weighted by atomic mass is 9.92. The number of benzene rings is 1. The summed E-state index contributed by atoms with van der Waals surface area (Å²) in [5.41, 5.74) is 1.36. The van der Waals surface area contributed by atoms with Gasteiger partial charge in [-0.25, -0.2) is 0 Å². The zero-order chi connectivity index (χ0) is 18.4. The van der Waals surface area contributed by atoms with Gasteiger partial charge in [0.15, 0.2) is 5.96 Å². The number of piperidine rings is 1. The van der Waals surface area contributed by atoms with Crippen LogP contribution in [0.5, 0.6) is 0 Å². The second-order valence-electron chi connectivity index (χ2n) is 7.85. The summed E-state index contributed by atoms with van der Waals surface area (Å²) in [6.45, 7) is 11.4. The fraction of sp³-hybridized carbons (Fsp3) is 0.667. The lowest BCUT2D eigenvalue weighted by Gasteiger charge is -2.39. The molecule has 6 heteroatoms. The van der Waals surface area contributed by atoms with Gasteiger partial charge in [-0.3, -0.25) is 9.89 Å². The molecule has 2 heterocycles. The smallest absolute Gasteiger partial charge is 0.193 e. The summed E-state index contributed by atoms with van der Waals surface area (Å²) in [5, 5.41) is 3.67. The standard InChI is InChI=1S/C21H34N4O.HI/c1-17-13-18(2)16-25(15-17)21(22-3)23-14-20(19-7-5-4-6-8-19)24-9-11-26-12-10-24;/h4-8,17-18,20H,9-16H2,1-3H3,(H,22,23);1H. The predicted octanol–water partition coefficient (Wildman–Crippen LogP) is 3.23. The van der Waals surface area contributed by atoms with Crippen LogP contribution in [0, 0.1) is 11.8 Å². The van der Waals surface area contributed by atoms with Crippen molar-refractivity contribution in [3.8, 4) is 0 Å². The van der Waals surface area contributed by atoms with Crippen molar-refractivity contribution in [2.75, 3.05) is 53.0 Å². The SMILES string of the molecule is CN=C(NCC(c1ccccc1)N1CCOCC1)N1CC(C)CC(C)C1.I. The van der Waals surface area contributed by atoms with Crippen LogP contribution in [0.1, 0.15) is 31.9 Å². The van der Waals surface area contributed by atoms with Crippen molar-refractivity contribution in [1.29, 1.82) is 0 Å². The maximum atomic E-state index is 5.56. The van der Waals surface area contributed by atoms with Crippen LogP contribution in [0.25, 0.3) is 0 Å². The molecule has 0 aromatic heterocycles. The number of rotatable bonds is 4. The summed E-state index contributed by atoms with van der Waals surface area (Å²) in [6, 6.07) is 11.2. The van der Waals surface area contributed by atoms with Gasteiger partial charge >= 0.3 is 0 Å². The summed E-state index contributed by atoms with van der Waals surface area (Å²) in [5.74, 6) is 2.49. The van der Waals surface area contributed by atoms with Crippen LogP contribution >= 0.6 is 24.0 Å². The zero-order valence-electron chi connectivity index (χ0n) is 16.9. The van der Waals surface area contributed by atoms with E-state index in [1.54, 1.807) is 0 Å². The predicted molar refractivity (Wildman–Crippen MR) is 123 cm³/mol. The first-order valence-electron chi connectivity index (χ1n) is 9.99. The monoisotopic (exact) mass is 486 g/mol.